The zero-order valence-corrected chi connectivity index (χ0v) is 21.7. The summed E-state index contributed by atoms with van der Waals surface area (Å²) in [6.45, 7) is -0.666. The molecule has 0 saturated carbocycles. The van der Waals surface area contributed by atoms with E-state index >= 15 is 8.78 Å². The quantitative estimate of drug-likeness (QED) is 0.350. The van der Waals surface area contributed by atoms with Gasteiger partial charge in [0.15, 0.2) is 0 Å². The van der Waals surface area contributed by atoms with Crippen molar-refractivity contribution in [2.45, 2.75) is 42.4 Å². The van der Waals surface area contributed by atoms with Crippen LogP contribution in [0, 0.1) is 0 Å². The molecule has 1 aliphatic heterocycles. The fourth-order valence-electron chi connectivity index (χ4n) is 4.57. The number of nitrogens with zero attached hydrogens (tertiary/aromatic N) is 2. The Bertz CT molecular complexity index is 1370. The maximum absolute atomic E-state index is 16.4. The van der Waals surface area contributed by atoms with Crippen LogP contribution in [0.1, 0.15) is 17.5 Å². The number of Topliss-reactive ketones (excluding diaryl/α,β-unsaturated/α-hetero) is 1. The molecule has 0 aliphatic carbocycles. The predicted molar refractivity (Wildman–Crippen MR) is 139 cm³/mol. The van der Waals surface area contributed by atoms with Crippen molar-refractivity contribution in [3.05, 3.63) is 102 Å². The van der Waals surface area contributed by atoms with Gasteiger partial charge in [0.05, 0.1) is 17.5 Å². The Hall–Kier alpha value is -3.67. The summed E-state index contributed by atoms with van der Waals surface area (Å²) in [6, 6.07) is 15.2. The molecule has 0 spiro atoms. The fourth-order valence-corrected chi connectivity index (χ4v) is 6.03. The highest BCUT2D eigenvalue weighted by Gasteiger charge is 2.56. The average Bonchev–Trinajstić information content (AvgIpc) is 3.46. The van der Waals surface area contributed by atoms with E-state index in [4.69, 9.17) is 4.74 Å². The first-order valence-electron chi connectivity index (χ1n) is 12.3. The van der Waals surface area contributed by atoms with E-state index in [1.165, 1.54) is 30.3 Å². The minimum Gasteiger partial charge on any atom is -0.465 e. The van der Waals surface area contributed by atoms with E-state index in [2.05, 4.69) is 0 Å². The highest BCUT2D eigenvalue weighted by atomic mass is 32.2. The van der Waals surface area contributed by atoms with Crippen LogP contribution in [-0.4, -0.2) is 65.9 Å². The summed E-state index contributed by atoms with van der Waals surface area (Å²) in [5, 5.41) is 10.0. The van der Waals surface area contributed by atoms with Gasteiger partial charge in [0.1, 0.15) is 6.04 Å². The first kappa shape index (κ1) is 28.3. The van der Waals surface area contributed by atoms with E-state index in [9.17, 15) is 23.1 Å². The number of rotatable bonds is 11. The lowest BCUT2D eigenvalue weighted by atomic mass is 9.97. The summed E-state index contributed by atoms with van der Waals surface area (Å²) in [4.78, 5) is 26.4. The maximum Gasteiger partial charge on any atom is 0.408 e. The molecule has 0 unspecified atom stereocenters. The van der Waals surface area contributed by atoms with Crippen molar-refractivity contribution in [1.29, 1.82) is 0 Å². The Kier molecular flexibility index (Phi) is 8.73. The number of carbonyl (C=O) groups is 2. The van der Waals surface area contributed by atoms with Crippen LogP contribution in [0.2, 0.25) is 0 Å². The Labute approximate surface area is 225 Å². The van der Waals surface area contributed by atoms with Crippen LogP contribution in [0.3, 0.4) is 0 Å². The first-order chi connectivity index (χ1) is 18.6. The third kappa shape index (κ3) is 6.32. The number of ketones is 1. The molecule has 206 valence electrons. The van der Waals surface area contributed by atoms with Gasteiger partial charge in [-0.25, -0.2) is 13.2 Å². The van der Waals surface area contributed by atoms with Gasteiger partial charge in [0, 0.05) is 19.6 Å². The summed E-state index contributed by atoms with van der Waals surface area (Å²) in [7, 11) is -4.90. The van der Waals surface area contributed by atoms with Gasteiger partial charge in [-0.1, -0.05) is 78.9 Å². The lowest BCUT2D eigenvalue weighted by Gasteiger charge is -2.37. The summed E-state index contributed by atoms with van der Waals surface area (Å²) in [5.74, 6) is -1.84. The molecule has 1 saturated heterocycles. The number of carbonyl (C=O) groups excluding carboxylic acids is 1. The third-order valence-corrected chi connectivity index (χ3v) is 8.35. The Morgan fingerprint density at radius 1 is 0.923 bits per heavy atom. The van der Waals surface area contributed by atoms with Crippen molar-refractivity contribution >= 4 is 21.9 Å². The summed E-state index contributed by atoms with van der Waals surface area (Å²) in [6.07, 6.45) is -1.73. The SMILES string of the molecule is O=C(O)N([C@H]1CCOC1)[C@@H](Cc1ccccc1)C(=O)C(F)(F)N(Cc1ccccc1)S(=O)(=O)c1ccccc1. The van der Waals surface area contributed by atoms with E-state index in [0.29, 0.717) is 10.5 Å². The minimum absolute atomic E-state index is 0.0630. The Morgan fingerprint density at radius 2 is 1.46 bits per heavy atom. The van der Waals surface area contributed by atoms with Crippen molar-refractivity contribution in [2.75, 3.05) is 13.2 Å². The number of ether oxygens (including phenoxy) is 1. The second kappa shape index (κ2) is 12.0. The van der Waals surface area contributed by atoms with E-state index in [1.54, 1.807) is 48.5 Å². The van der Waals surface area contributed by atoms with Crippen LogP contribution >= 0.6 is 0 Å². The molecule has 0 aromatic heterocycles. The molecule has 1 amide bonds. The summed E-state index contributed by atoms with van der Waals surface area (Å²) >= 11 is 0. The molecule has 3 aromatic carbocycles. The van der Waals surface area contributed by atoms with Gasteiger partial charge in [-0.3, -0.25) is 9.69 Å². The van der Waals surface area contributed by atoms with Gasteiger partial charge < -0.3 is 9.84 Å². The van der Waals surface area contributed by atoms with Crippen molar-refractivity contribution in [3.8, 4) is 0 Å². The molecular formula is C28H28F2N2O6S. The average molecular weight is 559 g/mol. The number of carboxylic acid groups (broad SMARTS) is 1. The highest BCUT2D eigenvalue weighted by molar-refractivity contribution is 7.89. The topological polar surface area (TPSA) is 104 Å². The van der Waals surface area contributed by atoms with Crippen LogP contribution in [0.25, 0.3) is 0 Å². The fraction of sp³-hybridized carbons (Fsp3) is 0.286. The molecule has 11 heteroatoms. The third-order valence-electron chi connectivity index (χ3n) is 6.54. The van der Waals surface area contributed by atoms with Gasteiger partial charge in [0.25, 0.3) is 0 Å². The molecule has 39 heavy (non-hydrogen) atoms. The van der Waals surface area contributed by atoms with Crippen molar-refractivity contribution in [1.82, 2.24) is 9.21 Å². The van der Waals surface area contributed by atoms with Crippen LogP contribution in [0.5, 0.6) is 0 Å². The van der Waals surface area contributed by atoms with Crippen LogP contribution in [-0.2, 0) is 32.5 Å². The van der Waals surface area contributed by atoms with Gasteiger partial charge in [0.2, 0.25) is 15.8 Å². The number of alkyl halides is 2. The first-order valence-corrected chi connectivity index (χ1v) is 13.7. The second-order valence-electron chi connectivity index (χ2n) is 9.13. The molecule has 1 aliphatic rings. The van der Waals surface area contributed by atoms with E-state index < -0.39 is 51.5 Å². The molecule has 8 nitrogen and oxygen atoms in total. The number of benzene rings is 3. The summed E-state index contributed by atoms with van der Waals surface area (Å²) < 4.78 is 65.0. The van der Waals surface area contributed by atoms with E-state index in [-0.39, 0.29) is 35.9 Å². The normalized spacial score (nSPS) is 16.6. The molecule has 1 heterocycles. The smallest absolute Gasteiger partial charge is 0.408 e. The molecule has 3 aromatic rings. The maximum atomic E-state index is 16.4. The zero-order chi connectivity index (χ0) is 28.0. The van der Waals surface area contributed by atoms with Gasteiger partial charge in [-0.2, -0.15) is 8.78 Å². The molecule has 4 rings (SSSR count). The molecule has 2 atom stereocenters. The number of sulfonamides is 1. The predicted octanol–water partition coefficient (Wildman–Crippen LogP) is 4.42. The lowest BCUT2D eigenvalue weighted by molar-refractivity contribution is -0.168. The minimum atomic E-state index is -4.90. The number of halogens is 2. The van der Waals surface area contributed by atoms with Gasteiger partial charge in [-0.05, 0) is 29.7 Å². The van der Waals surface area contributed by atoms with Gasteiger partial charge in [-0.15, -0.1) is 4.31 Å². The molecular weight excluding hydrogens is 530 g/mol. The van der Waals surface area contributed by atoms with Crippen molar-refractivity contribution in [2.24, 2.45) is 0 Å². The van der Waals surface area contributed by atoms with E-state index in [0.717, 1.165) is 12.1 Å². The van der Waals surface area contributed by atoms with Gasteiger partial charge >= 0.3 is 12.1 Å². The Morgan fingerprint density at radius 3 is 1.97 bits per heavy atom. The standard InChI is InChI=1S/C28H28F2N2O6S/c29-28(30,31(19-22-12-6-2-7-13-22)39(36,37)24-14-8-3-9-15-24)26(33)25(18-21-10-4-1-5-11-21)32(27(34)35)23-16-17-38-20-23/h1-15,23,25H,16-20H2,(H,34,35)/t23-,25-/m0/s1. The van der Waals surface area contributed by atoms with Crippen LogP contribution in [0.15, 0.2) is 95.9 Å². The molecule has 0 bridgehead atoms. The lowest BCUT2D eigenvalue weighted by Crippen LogP contribution is -2.60. The number of hydrogen-bond donors (Lipinski definition) is 1. The van der Waals surface area contributed by atoms with Crippen LogP contribution in [0.4, 0.5) is 13.6 Å². The molecule has 0 radical (unpaired) electrons. The number of hydrogen-bond acceptors (Lipinski definition) is 5. The van der Waals surface area contributed by atoms with Crippen LogP contribution < -0.4 is 0 Å². The second-order valence-corrected chi connectivity index (χ2v) is 11.0. The largest absolute Gasteiger partial charge is 0.465 e. The molecule has 1 N–H and O–H groups in total. The zero-order valence-electron chi connectivity index (χ0n) is 20.9. The Balaban J connectivity index is 1.80. The van der Waals surface area contributed by atoms with Crippen molar-refractivity contribution in [3.63, 3.8) is 0 Å². The monoisotopic (exact) mass is 558 g/mol. The molecule has 1 fully saturated rings. The highest BCUT2D eigenvalue weighted by Crippen LogP contribution is 2.34. The number of amides is 1. The van der Waals surface area contributed by atoms with E-state index in [1.807, 2.05) is 0 Å². The van der Waals surface area contributed by atoms with Crippen molar-refractivity contribution < 1.29 is 36.6 Å². The summed E-state index contributed by atoms with van der Waals surface area (Å²) in [5.41, 5.74) is 0.667.